The van der Waals surface area contributed by atoms with Gasteiger partial charge in [-0.15, -0.1) is 0 Å². The van der Waals surface area contributed by atoms with Crippen LogP contribution in [0.5, 0.6) is 0 Å². The van der Waals surface area contributed by atoms with E-state index in [-0.39, 0.29) is 42.1 Å². The molecular weight excluding hydrogens is 316 g/mol. The predicted octanol–water partition coefficient (Wildman–Crippen LogP) is 0.0393. The molecule has 0 bridgehead atoms. The van der Waals surface area contributed by atoms with Crippen LogP contribution in [0.15, 0.2) is 18.5 Å². The quantitative estimate of drug-likeness (QED) is 0.758. The number of hydrogen-bond donors (Lipinski definition) is 1. The molecule has 1 aliphatic heterocycles. The molecule has 8 heteroatoms. The fourth-order valence-corrected chi connectivity index (χ4v) is 4.87. The summed E-state index contributed by atoms with van der Waals surface area (Å²) < 4.78 is 25.2. The zero-order valence-electron chi connectivity index (χ0n) is 13.4. The number of sulfone groups is 1. The van der Waals surface area contributed by atoms with Crippen LogP contribution < -0.4 is 5.32 Å². The van der Waals surface area contributed by atoms with Gasteiger partial charge < -0.3 is 10.2 Å². The van der Waals surface area contributed by atoms with Crippen LogP contribution >= 0.6 is 0 Å². The van der Waals surface area contributed by atoms with Gasteiger partial charge in [-0.1, -0.05) is 0 Å². The summed E-state index contributed by atoms with van der Waals surface area (Å²) >= 11 is 0. The van der Waals surface area contributed by atoms with E-state index in [4.69, 9.17) is 0 Å². The van der Waals surface area contributed by atoms with Gasteiger partial charge in [-0.3, -0.25) is 9.48 Å². The van der Waals surface area contributed by atoms with Crippen molar-refractivity contribution in [2.24, 2.45) is 0 Å². The van der Waals surface area contributed by atoms with Crippen molar-refractivity contribution < 1.29 is 13.2 Å². The van der Waals surface area contributed by atoms with Crippen molar-refractivity contribution in [3.63, 3.8) is 0 Å². The summed E-state index contributed by atoms with van der Waals surface area (Å²) in [6.07, 6.45) is 6.18. The van der Waals surface area contributed by atoms with Crippen LogP contribution in [0.2, 0.25) is 0 Å². The zero-order valence-corrected chi connectivity index (χ0v) is 14.2. The van der Waals surface area contributed by atoms with Gasteiger partial charge in [0.05, 0.1) is 24.6 Å². The van der Waals surface area contributed by atoms with E-state index in [1.165, 1.54) is 0 Å². The van der Waals surface area contributed by atoms with Crippen LogP contribution in [0.25, 0.3) is 0 Å². The van der Waals surface area contributed by atoms with E-state index in [9.17, 15) is 13.2 Å². The molecule has 1 aliphatic carbocycles. The molecule has 1 aromatic rings. The third-order valence-electron chi connectivity index (χ3n) is 4.45. The van der Waals surface area contributed by atoms with E-state index in [0.29, 0.717) is 13.0 Å². The van der Waals surface area contributed by atoms with Crippen molar-refractivity contribution in [3.8, 4) is 0 Å². The molecule has 0 radical (unpaired) electrons. The van der Waals surface area contributed by atoms with Gasteiger partial charge >= 0.3 is 0 Å². The minimum absolute atomic E-state index is 0.0157. The molecule has 3 rings (SSSR count). The Morgan fingerprint density at radius 1 is 1.39 bits per heavy atom. The van der Waals surface area contributed by atoms with Crippen LogP contribution in [0.4, 0.5) is 0 Å². The van der Waals surface area contributed by atoms with E-state index < -0.39 is 9.84 Å². The van der Waals surface area contributed by atoms with Gasteiger partial charge in [0.1, 0.15) is 0 Å². The maximum Gasteiger partial charge on any atom is 0.237 e. The number of carbonyl (C=O) groups excluding carboxylic acids is 1. The Kier molecular flexibility index (Phi) is 4.72. The Hall–Kier alpha value is -1.41. The third kappa shape index (κ3) is 4.32. The number of carbonyl (C=O) groups is 1. The molecule has 2 heterocycles. The summed E-state index contributed by atoms with van der Waals surface area (Å²) in [5.41, 5.74) is 0. The van der Waals surface area contributed by atoms with E-state index in [1.807, 2.05) is 28.8 Å². The molecule has 0 unspecified atom stereocenters. The lowest BCUT2D eigenvalue weighted by Gasteiger charge is -2.29. The first-order valence-electron chi connectivity index (χ1n) is 8.17. The zero-order chi connectivity index (χ0) is 16.4. The topological polar surface area (TPSA) is 84.3 Å². The van der Waals surface area contributed by atoms with Crippen molar-refractivity contribution in [2.45, 2.75) is 50.9 Å². The molecule has 0 aromatic carbocycles. The Labute approximate surface area is 137 Å². The standard InChI is InChI=1S/C15H24N4O3S/c1-12(10-18-7-2-6-17-18)16-9-15(20)19(13-3-4-13)14-5-8-23(21,22)11-14/h2,6-7,12-14,16H,3-5,8-11H2,1H3/t12-,14+/m0/s1. The molecule has 1 aromatic heterocycles. The Bertz CT molecular complexity index is 640. The fourth-order valence-electron chi connectivity index (χ4n) is 3.16. The molecule has 7 nitrogen and oxygen atoms in total. The smallest absolute Gasteiger partial charge is 0.237 e. The second-order valence-corrected chi connectivity index (χ2v) is 8.83. The molecule has 1 saturated heterocycles. The van der Waals surface area contributed by atoms with Crippen molar-refractivity contribution >= 4 is 15.7 Å². The first-order valence-corrected chi connectivity index (χ1v) is 9.99. The van der Waals surface area contributed by atoms with Gasteiger partial charge in [0.15, 0.2) is 9.84 Å². The normalized spacial score (nSPS) is 24.5. The summed E-state index contributed by atoms with van der Waals surface area (Å²) in [6, 6.07) is 2.09. The SMILES string of the molecule is C[C@@H](Cn1cccn1)NCC(=O)N(C1CC1)[C@@H]1CCS(=O)(=O)C1. The minimum atomic E-state index is -2.97. The highest BCUT2D eigenvalue weighted by Gasteiger charge is 2.41. The third-order valence-corrected chi connectivity index (χ3v) is 6.20. The maximum absolute atomic E-state index is 12.6. The predicted molar refractivity (Wildman–Crippen MR) is 86.6 cm³/mol. The number of aromatic nitrogens is 2. The van der Waals surface area contributed by atoms with E-state index >= 15 is 0 Å². The van der Waals surface area contributed by atoms with Gasteiger partial charge in [0.2, 0.25) is 5.91 Å². The highest BCUT2D eigenvalue weighted by atomic mass is 32.2. The number of rotatable bonds is 7. The second kappa shape index (κ2) is 6.60. The number of nitrogens with zero attached hydrogens (tertiary/aromatic N) is 3. The van der Waals surface area contributed by atoms with E-state index in [1.54, 1.807) is 6.20 Å². The Morgan fingerprint density at radius 2 is 2.17 bits per heavy atom. The van der Waals surface area contributed by atoms with Crippen molar-refractivity contribution in [3.05, 3.63) is 18.5 Å². The monoisotopic (exact) mass is 340 g/mol. The van der Waals surface area contributed by atoms with Crippen molar-refractivity contribution in [1.82, 2.24) is 20.0 Å². The highest BCUT2D eigenvalue weighted by Crippen LogP contribution is 2.32. The number of hydrogen-bond acceptors (Lipinski definition) is 5. The Balaban J connectivity index is 1.53. The average Bonchev–Trinajstić information content (AvgIpc) is 3.06. The van der Waals surface area contributed by atoms with Crippen LogP contribution in [0.3, 0.4) is 0 Å². The molecule has 2 fully saturated rings. The fraction of sp³-hybridized carbons (Fsp3) is 0.733. The highest BCUT2D eigenvalue weighted by molar-refractivity contribution is 7.91. The maximum atomic E-state index is 12.6. The molecule has 1 saturated carbocycles. The summed E-state index contributed by atoms with van der Waals surface area (Å²) in [4.78, 5) is 14.4. The molecule has 2 atom stereocenters. The molecule has 23 heavy (non-hydrogen) atoms. The summed E-state index contributed by atoms with van der Waals surface area (Å²) in [6.45, 7) is 2.95. The second-order valence-electron chi connectivity index (χ2n) is 6.60. The van der Waals surface area contributed by atoms with E-state index in [2.05, 4.69) is 10.4 Å². The molecule has 2 aliphatic rings. The van der Waals surface area contributed by atoms with E-state index in [0.717, 1.165) is 12.8 Å². The lowest BCUT2D eigenvalue weighted by Crippen LogP contribution is -2.48. The number of nitrogens with one attached hydrogen (secondary N) is 1. The van der Waals surface area contributed by atoms with Gasteiger partial charge in [0, 0.05) is 30.5 Å². The molecule has 128 valence electrons. The van der Waals surface area contributed by atoms with Crippen LogP contribution in [0, 0.1) is 0 Å². The van der Waals surface area contributed by atoms with Crippen molar-refractivity contribution in [2.75, 3.05) is 18.1 Å². The first kappa shape index (κ1) is 16.4. The van der Waals surface area contributed by atoms with Crippen LogP contribution in [-0.2, 0) is 21.2 Å². The van der Waals surface area contributed by atoms with Crippen molar-refractivity contribution in [1.29, 1.82) is 0 Å². The van der Waals surface area contributed by atoms with Crippen LogP contribution in [0.1, 0.15) is 26.2 Å². The molecule has 1 amide bonds. The average molecular weight is 340 g/mol. The van der Waals surface area contributed by atoms with Gasteiger partial charge in [-0.25, -0.2) is 8.42 Å². The summed E-state index contributed by atoms with van der Waals surface area (Å²) in [5, 5.41) is 7.38. The Morgan fingerprint density at radius 3 is 2.74 bits per heavy atom. The van der Waals surface area contributed by atoms with Gasteiger partial charge in [0.25, 0.3) is 0 Å². The summed E-state index contributed by atoms with van der Waals surface area (Å²) in [5.74, 6) is 0.344. The lowest BCUT2D eigenvalue weighted by atomic mass is 10.2. The molecule has 1 N–H and O–H groups in total. The lowest BCUT2D eigenvalue weighted by molar-refractivity contribution is -0.132. The first-order chi connectivity index (χ1) is 10.9. The molecular formula is C15H24N4O3S. The van der Waals surface area contributed by atoms with Gasteiger partial charge in [-0.05, 0) is 32.3 Å². The summed E-state index contributed by atoms with van der Waals surface area (Å²) in [7, 11) is -2.97. The van der Waals surface area contributed by atoms with Crippen LogP contribution in [-0.4, -0.2) is 65.2 Å². The largest absolute Gasteiger partial charge is 0.335 e. The molecule has 0 spiro atoms. The minimum Gasteiger partial charge on any atom is -0.335 e. The van der Waals surface area contributed by atoms with Gasteiger partial charge in [-0.2, -0.15) is 5.10 Å². The number of amides is 1.